The number of fused-ring (bicyclic) bond motifs is 4. The average molecular weight is 1240 g/mol. The second kappa shape index (κ2) is 21.2. The van der Waals surface area contributed by atoms with Gasteiger partial charge in [0.25, 0.3) is 11.4 Å². The van der Waals surface area contributed by atoms with Gasteiger partial charge in [-0.2, -0.15) is 6.07 Å². The maximum Gasteiger partial charge on any atom is 2.00 e. The molecule has 0 aliphatic carbocycles. The summed E-state index contributed by atoms with van der Waals surface area (Å²) >= 11 is 0. The molecule has 5 nitrogen and oxygen atoms in total. The number of nitrogens with zero attached hydrogens (tertiary/aromatic N) is 4. The summed E-state index contributed by atoms with van der Waals surface area (Å²) < 4.78 is 44.6. The molecule has 1 aliphatic heterocycles. The van der Waals surface area contributed by atoms with Gasteiger partial charge in [-0.15, -0.1) is 29.1 Å². The first-order chi connectivity index (χ1) is 37.5. The molecule has 0 N–H and O–H groups in total. The van der Waals surface area contributed by atoms with Crippen LogP contribution in [0.15, 0.2) is 164 Å². The summed E-state index contributed by atoms with van der Waals surface area (Å²) in [4.78, 5) is 4.92. The summed E-state index contributed by atoms with van der Waals surface area (Å²) in [6, 6.07) is 63.9. The second-order valence-corrected chi connectivity index (χ2v) is 24.9. The topological polar surface area (TPSA) is 33.1 Å². The van der Waals surface area contributed by atoms with E-state index < -0.39 is 11.6 Å². The van der Waals surface area contributed by atoms with Crippen LogP contribution in [0.5, 0.6) is 11.5 Å². The maximum atomic E-state index is 15.6. The van der Waals surface area contributed by atoms with Gasteiger partial charge in [-0.25, -0.2) is 13.8 Å². The number of rotatable bonds is 10. The van der Waals surface area contributed by atoms with Crippen LogP contribution in [0, 0.1) is 23.8 Å². The summed E-state index contributed by atoms with van der Waals surface area (Å²) in [6.07, 6.45) is 1.89. The van der Waals surface area contributed by atoms with Crippen LogP contribution in [0.25, 0.3) is 61.0 Å². The van der Waals surface area contributed by atoms with Gasteiger partial charge >= 0.3 is 27.1 Å². The minimum atomic E-state index is -0.650. The quantitative estimate of drug-likeness (QED) is 0.101. The van der Waals surface area contributed by atoms with Crippen molar-refractivity contribution in [2.75, 3.05) is 0 Å². The van der Waals surface area contributed by atoms with E-state index in [0.29, 0.717) is 28.3 Å². The van der Waals surface area contributed by atoms with Crippen LogP contribution in [0.3, 0.4) is 0 Å². The van der Waals surface area contributed by atoms with Crippen LogP contribution in [0.4, 0.5) is 31.5 Å². The zero-order chi connectivity index (χ0) is 55.9. The fourth-order valence-electron chi connectivity index (χ4n) is 10.9. The molecule has 10 aromatic rings. The van der Waals surface area contributed by atoms with E-state index in [-0.39, 0.29) is 49.1 Å². The molecule has 0 radical (unpaired) electrons. The number of hydrogen-bond donors (Lipinski definition) is 0. The standard InChI is InChI=1S/C72H68F2N4O.Pt/c1-44(2)46-30-47(45(3)4)32-48(31-46)61-37-52(71(8,9)10)38-62(49-33-53(73)40-54(74)34-49)69(61)77-43-76(65-24-18-19-25-66(65)77)55-35-50(58-20-14-16-22-63(58)72(11,12)13)36-57(41-55)79-56-26-27-60-59-21-15-17-23-64(59)78(67(60)42-56)68-39-51(28-29-75-68)70(5,6)7;/h14-40,44-45H,1-13H3;/q;+2. The molecular formula is C72H68F2N4OPt+2. The van der Waals surface area contributed by atoms with Crippen molar-refractivity contribution in [1.29, 1.82) is 0 Å². The molecule has 0 fully saturated rings. The molecule has 8 heteroatoms. The van der Waals surface area contributed by atoms with Crippen LogP contribution in [0.1, 0.15) is 130 Å². The second-order valence-electron chi connectivity index (χ2n) is 24.9. The number of halogens is 2. The normalized spacial score (nSPS) is 12.8. The summed E-state index contributed by atoms with van der Waals surface area (Å²) in [5, 5.41) is 2.13. The smallest absolute Gasteiger partial charge is 0.509 e. The Morgan fingerprint density at radius 3 is 1.75 bits per heavy atom. The van der Waals surface area contributed by atoms with Crippen molar-refractivity contribution in [2.45, 2.75) is 118 Å². The summed E-state index contributed by atoms with van der Waals surface area (Å²) in [6.45, 7) is 28.7. The van der Waals surface area contributed by atoms with Crippen molar-refractivity contribution < 1.29 is 34.6 Å². The Hall–Kier alpha value is -7.56. The molecule has 404 valence electrons. The summed E-state index contributed by atoms with van der Waals surface area (Å²) in [5.74, 6) is 1.00. The molecule has 0 unspecified atom stereocenters. The number of pyridine rings is 1. The van der Waals surface area contributed by atoms with Crippen LogP contribution in [0.2, 0.25) is 0 Å². The van der Waals surface area contributed by atoms with Gasteiger partial charge < -0.3 is 9.30 Å². The Kier molecular flexibility index (Phi) is 14.7. The van der Waals surface area contributed by atoms with Crippen LogP contribution < -0.4 is 13.9 Å². The number of hydrogen-bond acceptors (Lipinski definition) is 2. The van der Waals surface area contributed by atoms with E-state index in [2.05, 4.69) is 239 Å². The number of aromatic nitrogens is 2. The Morgan fingerprint density at radius 1 is 0.525 bits per heavy atom. The first kappa shape index (κ1) is 55.7. The molecule has 0 bridgehead atoms. The monoisotopic (exact) mass is 1240 g/mol. The van der Waals surface area contributed by atoms with Crippen molar-refractivity contribution >= 4 is 50.6 Å². The van der Waals surface area contributed by atoms with E-state index in [0.717, 1.165) is 78.6 Å². The third-order valence-electron chi connectivity index (χ3n) is 15.3. The zero-order valence-corrected chi connectivity index (χ0v) is 50.3. The first-order valence-corrected chi connectivity index (χ1v) is 27.5. The summed E-state index contributed by atoms with van der Waals surface area (Å²) in [5.41, 5.74) is 15.2. The third kappa shape index (κ3) is 10.7. The number of ether oxygens (including phenoxy) is 1. The molecule has 1 aliphatic rings. The van der Waals surface area contributed by atoms with Crippen molar-refractivity contribution in [1.82, 2.24) is 18.7 Å². The predicted molar refractivity (Wildman–Crippen MR) is 324 cm³/mol. The van der Waals surface area contributed by atoms with Gasteiger partial charge in [0.05, 0.1) is 11.1 Å². The van der Waals surface area contributed by atoms with Crippen LogP contribution in [-0.4, -0.2) is 15.6 Å². The Morgan fingerprint density at radius 2 is 1.11 bits per heavy atom. The third-order valence-corrected chi connectivity index (χ3v) is 15.3. The number of para-hydroxylation sites is 3. The molecule has 0 spiro atoms. The van der Waals surface area contributed by atoms with Gasteiger partial charge in [0.2, 0.25) is 5.69 Å². The van der Waals surface area contributed by atoms with Crippen molar-refractivity contribution in [2.24, 2.45) is 0 Å². The van der Waals surface area contributed by atoms with E-state index >= 15 is 8.78 Å². The van der Waals surface area contributed by atoms with Gasteiger partial charge in [-0.3, -0.25) is 0 Å². The Balaban J connectivity index is 0.00000720. The van der Waals surface area contributed by atoms with Gasteiger partial charge in [0, 0.05) is 41.4 Å². The van der Waals surface area contributed by atoms with Crippen molar-refractivity contribution in [3.63, 3.8) is 0 Å². The van der Waals surface area contributed by atoms with Crippen LogP contribution >= 0.6 is 0 Å². The number of benzene rings is 8. The zero-order valence-electron chi connectivity index (χ0n) is 48.0. The molecule has 3 heterocycles. The van der Waals surface area contributed by atoms with Gasteiger partial charge in [0.15, 0.2) is 0 Å². The van der Waals surface area contributed by atoms with Gasteiger partial charge in [-0.1, -0.05) is 185 Å². The molecular weight excluding hydrogens is 1170 g/mol. The molecule has 0 saturated carbocycles. The SMILES string of the molecule is CC(C)c1cc(-c2cc(C(C)(C)C)cc(-c3cc(F)cc(F)c3)c2[N+]2=C=[N+](c3[c-]c(Oc4[c-]c5c(cc4)c4ccccc4n5-c4cc(C(C)(C)C)ccn4)cc(-c4ccccc4C(C)(C)C)c3)c3ccccc32)cc(C(C)C)c1.[Pt+2]. The van der Waals surface area contributed by atoms with E-state index in [1.54, 1.807) is 0 Å². The predicted octanol–water partition coefficient (Wildman–Crippen LogP) is 19.8. The molecule has 80 heavy (non-hydrogen) atoms. The molecule has 8 aromatic carbocycles. The molecule has 0 saturated heterocycles. The van der Waals surface area contributed by atoms with Crippen LogP contribution in [-0.2, 0) is 37.3 Å². The fourth-order valence-corrected chi connectivity index (χ4v) is 10.9. The Bertz CT molecular complexity index is 4090. The fraction of sp³-hybridized carbons (Fsp3) is 0.250. The first-order valence-electron chi connectivity index (χ1n) is 27.5. The molecule has 0 amide bonds. The average Bonchev–Trinajstić information content (AvgIpc) is 4.17. The van der Waals surface area contributed by atoms with Crippen molar-refractivity contribution in [3.05, 3.63) is 216 Å². The van der Waals surface area contributed by atoms with E-state index in [1.807, 2.05) is 29.0 Å². The van der Waals surface area contributed by atoms with Gasteiger partial charge in [-0.05, 0) is 125 Å². The minimum absolute atomic E-state index is 0. The Labute approximate surface area is 485 Å². The largest absolute Gasteiger partial charge is 2.00 e. The molecule has 11 rings (SSSR count). The summed E-state index contributed by atoms with van der Waals surface area (Å²) in [7, 11) is 0. The van der Waals surface area contributed by atoms with E-state index in [1.165, 1.54) is 34.4 Å². The van der Waals surface area contributed by atoms with E-state index in [9.17, 15) is 0 Å². The maximum absolute atomic E-state index is 15.6. The molecule has 2 aromatic heterocycles. The minimum Gasteiger partial charge on any atom is -0.509 e. The van der Waals surface area contributed by atoms with Gasteiger partial charge in [0.1, 0.15) is 23.1 Å². The van der Waals surface area contributed by atoms with E-state index in [4.69, 9.17) is 9.72 Å². The molecule has 0 atom stereocenters. The van der Waals surface area contributed by atoms with Crippen molar-refractivity contribution in [3.8, 4) is 50.7 Å².